The standard InChI is InChI=1S/C26H36F2N8O/c1-35(2)11-12-36(3)20-14-21(37-4)19(13-18(20)30)32-24-31-16-17(15-29)22(33-24)34-26-8-5-25(6-9-26,7-10-26)23(27)28/h13-14,16,23H,5-12,30H2,1-4H3,(H2,31,32,33,34). The zero-order valence-electron chi connectivity index (χ0n) is 21.9. The number of fused-ring (bicyclic) bond motifs is 3. The van der Waals surface area contributed by atoms with Crippen LogP contribution >= 0.6 is 0 Å². The number of anilines is 5. The van der Waals surface area contributed by atoms with Gasteiger partial charge in [0.25, 0.3) is 0 Å². The molecule has 2 aromatic rings. The molecule has 3 aliphatic rings. The molecule has 5 rings (SSSR count). The van der Waals surface area contributed by atoms with Gasteiger partial charge in [0.2, 0.25) is 12.4 Å². The van der Waals surface area contributed by atoms with Gasteiger partial charge in [-0.15, -0.1) is 0 Å². The van der Waals surface area contributed by atoms with E-state index in [0.717, 1.165) is 18.8 Å². The van der Waals surface area contributed by atoms with E-state index in [0.29, 0.717) is 67.0 Å². The first kappa shape index (κ1) is 26.7. The maximum atomic E-state index is 13.6. The lowest BCUT2D eigenvalue weighted by molar-refractivity contribution is -0.0780. The summed E-state index contributed by atoms with van der Waals surface area (Å²) >= 11 is 0. The number of alkyl halides is 2. The van der Waals surface area contributed by atoms with Crippen LogP contribution in [-0.2, 0) is 0 Å². The van der Waals surface area contributed by atoms with Crippen molar-refractivity contribution in [2.75, 3.05) is 62.6 Å². The molecule has 2 bridgehead atoms. The predicted molar refractivity (Wildman–Crippen MR) is 142 cm³/mol. The number of methoxy groups -OCH3 is 1. The molecule has 1 aromatic carbocycles. The van der Waals surface area contributed by atoms with E-state index in [-0.39, 0.29) is 11.5 Å². The maximum absolute atomic E-state index is 13.6. The lowest BCUT2D eigenvalue weighted by Gasteiger charge is -2.53. The monoisotopic (exact) mass is 514 g/mol. The van der Waals surface area contributed by atoms with Crippen molar-refractivity contribution in [2.45, 2.75) is 50.5 Å². The van der Waals surface area contributed by atoms with Gasteiger partial charge in [-0.25, -0.2) is 13.8 Å². The molecule has 3 aliphatic carbocycles. The molecule has 200 valence electrons. The van der Waals surface area contributed by atoms with Gasteiger partial charge in [0.15, 0.2) is 0 Å². The van der Waals surface area contributed by atoms with E-state index in [1.807, 2.05) is 27.2 Å². The second-order valence-electron chi connectivity index (χ2n) is 10.6. The molecule has 1 aromatic heterocycles. The van der Waals surface area contributed by atoms with Gasteiger partial charge in [0.1, 0.15) is 23.2 Å². The molecule has 3 saturated carbocycles. The Labute approximate surface area is 217 Å². The molecule has 3 fully saturated rings. The highest BCUT2D eigenvalue weighted by Gasteiger charge is 2.53. The summed E-state index contributed by atoms with van der Waals surface area (Å²) in [7, 11) is 7.59. The number of hydrogen-bond donors (Lipinski definition) is 3. The van der Waals surface area contributed by atoms with Gasteiger partial charge < -0.3 is 30.9 Å². The van der Waals surface area contributed by atoms with Gasteiger partial charge in [-0.2, -0.15) is 10.2 Å². The quantitative estimate of drug-likeness (QED) is 0.396. The molecular weight excluding hydrogens is 478 g/mol. The Bertz CT molecular complexity index is 1140. The van der Waals surface area contributed by atoms with Crippen molar-refractivity contribution < 1.29 is 13.5 Å². The number of benzene rings is 1. The molecule has 0 saturated heterocycles. The lowest BCUT2D eigenvalue weighted by Crippen LogP contribution is -2.53. The van der Waals surface area contributed by atoms with Crippen molar-refractivity contribution in [2.24, 2.45) is 5.41 Å². The number of ether oxygens (including phenoxy) is 1. The average molecular weight is 515 g/mol. The Morgan fingerprint density at radius 1 is 1.14 bits per heavy atom. The number of nitrogens with zero attached hydrogens (tertiary/aromatic N) is 5. The highest BCUT2D eigenvalue weighted by Crippen LogP contribution is 2.56. The van der Waals surface area contributed by atoms with Crippen LogP contribution in [0, 0.1) is 16.7 Å². The van der Waals surface area contributed by atoms with E-state index >= 15 is 0 Å². The second-order valence-corrected chi connectivity index (χ2v) is 10.6. The van der Waals surface area contributed by atoms with E-state index in [4.69, 9.17) is 10.5 Å². The van der Waals surface area contributed by atoms with Crippen molar-refractivity contribution in [1.29, 1.82) is 5.26 Å². The third-order valence-electron chi connectivity index (χ3n) is 7.95. The van der Waals surface area contributed by atoms with E-state index in [1.165, 1.54) is 6.20 Å². The zero-order chi connectivity index (χ0) is 26.8. The molecule has 0 atom stereocenters. The lowest BCUT2D eigenvalue weighted by atomic mass is 9.57. The van der Waals surface area contributed by atoms with Crippen LogP contribution in [0.25, 0.3) is 0 Å². The first-order valence-electron chi connectivity index (χ1n) is 12.5. The Hall–Kier alpha value is -3.39. The molecule has 1 heterocycles. The molecule has 0 amide bonds. The molecule has 0 aliphatic heterocycles. The summed E-state index contributed by atoms with van der Waals surface area (Å²) in [6.45, 7) is 1.67. The Morgan fingerprint density at radius 2 is 1.81 bits per heavy atom. The molecule has 0 spiro atoms. The third kappa shape index (κ3) is 5.49. The first-order chi connectivity index (χ1) is 17.6. The summed E-state index contributed by atoms with van der Waals surface area (Å²) in [5.74, 6) is 1.25. The SMILES string of the molecule is COc1cc(N(C)CCN(C)C)c(N)cc1Nc1ncc(C#N)c(NC23CCC(C(F)F)(CC2)CC3)n1. The summed E-state index contributed by atoms with van der Waals surface area (Å²) < 4.78 is 32.9. The Balaban J connectivity index is 1.55. The molecular formula is C26H36F2N8O. The number of nitrogens with one attached hydrogen (secondary N) is 2. The van der Waals surface area contributed by atoms with Crippen LogP contribution in [-0.4, -0.2) is 68.2 Å². The van der Waals surface area contributed by atoms with E-state index < -0.39 is 11.8 Å². The fraction of sp³-hybridized carbons (Fsp3) is 0.577. The maximum Gasteiger partial charge on any atom is 0.244 e. The minimum absolute atomic E-state index is 0.276. The minimum atomic E-state index is -2.29. The van der Waals surface area contributed by atoms with Crippen molar-refractivity contribution in [3.05, 3.63) is 23.9 Å². The summed E-state index contributed by atoms with van der Waals surface area (Å²) in [4.78, 5) is 13.1. The fourth-order valence-electron chi connectivity index (χ4n) is 5.37. The second kappa shape index (κ2) is 10.5. The summed E-state index contributed by atoms with van der Waals surface area (Å²) in [5.41, 5.74) is 7.50. The first-order valence-corrected chi connectivity index (χ1v) is 12.5. The number of nitrogen functional groups attached to an aromatic ring is 1. The predicted octanol–water partition coefficient (Wildman–Crippen LogP) is 4.45. The highest BCUT2D eigenvalue weighted by molar-refractivity contribution is 5.79. The summed E-state index contributed by atoms with van der Waals surface area (Å²) in [6, 6.07) is 5.79. The van der Waals surface area contributed by atoms with Crippen LogP contribution in [0.3, 0.4) is 0 Å². The van der Waals surface area contributed by atoms with Gasteiger partial charge in [-0.1, -0.05) is 0 Å². The van der Waals surface area contributed by atoms with Crippen molar-refractivity contribution in [1.82, 2.24) is 14.9 Å². The van der Waals surface area contributed by atoms with Crippen molar-refractivity contribution in [3.8, 4) is 11.8 Å². The molecule has 9 nitrogen and oxygen atoms in total. The molecule has 37 heavy (non-hydrogen) atoms. The Morgan fingerprint density at radius 3 is 2.38 bits per heavy atom. The topological polar surface area (TPSA) is 115 Å². The van der Waals surface area contributed by atoms with Gasteiger partial charge in [0, 0.05) is 37.2 Å². The largest absolute Gasteiger partial charge is 0.494 e. The van der Waals surface area contributed by atoms with Gasteiger partial charge in [-0.05, 0) is 58.7 Å². The third-order valence-corrected chi connectivity index (χ3v) is 7.95. The highest BCUT2D eigenvalue weighted by atomic mass is 19.3. The number of nitriles is 1. The molecule has 0 radical (unpaired) electrons. The number of hydrogen-bond acceptors (Lipinski definition) is 9. The number of rotatable bonds is 10. The van der Waals surface area contributed by atoms with Gasteiger partial charge in [0.05, 0.1) is 30.4 Å². The number of halogens is 2. The summed E-state index contributed by atoms with van der Waals surface area (Å²) in [6.07, 6.45) is 2.47. The van der Waals surface area contributed by atoms with E-state index in [9.17, 15) is 14.0 Å². The normalized spacial score (nSPS) is 22.7. The van der Waals surface area contributed by atoms with E-state index in [1.54, 1.807) is 13.2 Å². The van der Waals surface area contributed by atoms with Crippen molar-refractivity contribution >= 4 is 28.8 Å². The number of nitrogens with two attached hydrogens (primary N) is 1. The van der Waals surface area contributed by atoms with Crippen LogP contribution in [0.1, 0.15) is 44.1 Å². The van der Waals surface area contributed by atoms with Crippen LogP contribution in [0.4, 0.5) is 37.6 Å². The fourth-order valence-corrected chi connectivity index (χ4v) is 5.37. The minimum Gasteiger partial charge on any atom is -0.494 e. The Kier molecular flexibility index (Phi) is 7.59. The smallest absolute Gasteiger partial charge is 0.244 e. The van der Waals surface area contributed by atoms with Crippen LogP contribution in [0.5, 0.6) is 5.75 Å². The van der Waals surface area contributed by atoms with Crippen LogP contribution in [0.2, 0.25) is 0 Å². The zero-order valence-corrected chi connectivity index (χ0v) is 21.9. The van der Waals surface area contributed by atoms with Crippen LogP contribution < -0.4 is 26.0 Å². The van der Waals surface area contributed by atoms with Gasteiger partial charge in [-0.3, -0.25) is 0 Å². The molecule has 11 heteroatoms. The molecule has 4 N–H and O–H groups in total. The van der Waals surface area contributed by atoms with Crippen LogP contribution in [0.15, 0.2) is 18.3 Å². The average Bonchev–Trinajstić information content (AvgIpc) is 2.88. The number of aromatic nitrogens is 2. The van der Waals surface area contributed by atoms with Crippen molar-refractivity contribution in [3.63, 3.8) is 0 Å². The summed E-state index contributed by atoms with van der Waals surface area (Å²) in [5, 5.41) is 16.3. The van der Waals surface area contributed by atoms with E-state index in [2.05, 4.69) is 36.5 Å². The van der Waals surface area contributed by atoms with Gasteiger partial charge >= 0.3 is 0 Å². The molecule has 0 unspecified atom stereocenters. The number of likely N-dealkylation sites (N-methyl/N-ethyl adjacent to an activating group) is 2.